The van der Waals surface area contributed by atoms with E-state index < -0.39 is 0 Å². The van der Waals surface area contributed by atoms with Gasteiger partial charge in [-0.2, -0.15) is 0 Å². The number of nitrogens with two attached hydrogens (primary N) is 1. The average Bonchev–Trinajstić information content (AvgIpc) is 2.93. The summed E-state index contributed by atoms with van der Waals surface area (Å²) in [5, 5.41) is 3.33. The Kier molecular flexibility index (Phi) is 3.85. The molecule has 3 rings (SSSR count). The molecule has 2 aromatic rings. The summed E-state index contributed by atoms with van der Waals surface area (Å²) in [6, 6.07) is 4.61. The summed E-state index contributed by atoms with van der Waals surface area (Å²) in [6.07, 6.45) is 12.0. The lowest BCUT2D eigenvalue weighted by Gasteiger charge is -2.23. The molecular formula is C15H21N5. The van der Waals surface area contributed by atoms with Gasteiger partial charge in [-0.1, -0.05) is 25.3 Å². The minimum Gasteiger partial charge on any atom is -0.370 e. The summed E-state index contributed by atoms with van der Waals surface area (Å²) in [5.74, 6) is 0.558. The van der Waals surface area contributed by atoms with Crippen molar-refractivity contribution in [3.63, 3.8) is 0 Å². The van der Waals surface area contributed by atoms with Gasteiger partial charge in [0.05, 0.1) is 24.6 Å². The number of pyridine rings is 1. The maximum Gasteiger partial charge on any atom is 0.189 e. The third kappa shape index (κ3) is 3.10. The molecule has 5 nitrogen and oxygen atoms in total. The highest BCUT2D eigenvalue weighted by Crippen LogP contribution is 2.17. The van der Waals surface area contributed by atoms with E-state index >= 15 is 0 Å². The van der Waals surface area contributed by atoms with Crippen molar-refractivity contribution in [2.45, 2.75) is 44.7 Å². The summed E-state index contributed by atoms with van der Waals surface area (Å²) in [4.78, 5) is 8.53. The Labute approximate surface area is 118 Å². The van der Waals surface area contributed by atoms with Crippen molar-refractivity contribution in [1.82, 2.24) is 14.7 Å². The van der Waals surface area contributed by atoms with Crippen LogP contribution in [0, 0.1) is 0 Å². The van der Waals surface area contributed by atoms with Crippen LogP contribution >= 0.6 is 0 Å². The van der Waals surface area contributed by atoms with Gasteiger partial charge in [0.15, 0.2) is 5.96 Å². The van der Waals surface area contributed by atoms with Crippen molar-refractivity contribution in [3.05, 3.63) is 36.4 Å². The monoisotopic (exact) mass is 271 g/mol. The molecule has 0 unspecified atom stereocenters. The number of rotatable bonds is 3. The highest BCUT2D eigenvalue weighted by atomic mass is 15.1. The van der Waals surface area contributed by atoms with Gasteiger partial charge < -0.3 is 15.5 Å². The number of imidazole rings is 1. The normalized spacial score (nSPS) is 17.5. The summed E-state index contributed by atoms with van der Waals surface area (Å²) in [6.45, 7) is 0.597. The molecule has 0 atom stereocenters. The number of nitrogens with zero attached hydrogens (tertiary/aromatic N) is 3. The van der Waals surface area contributed by atoms with E-state index in [0.29, 0.717) is 18.5 Å². The van der Waals surface area contributed by atoms with Gasteiger partial charge in [0.1, 0.15) is 0 Å². The first-order valence-electron chi connectivity index (χ1n) is 7.28. The third-order valence-electron chi connectivity index (χ3n) is 3.86. The number of guanidine groups is 1. The molecule has 1 aliphatic carbocycles. The van der Waals surface area contributed by atoms with Crippen LogP contribution in [0.15, 0.2) is 35.8 Å². The zero-order valence-electron chi connectivity index (χ0n) is 11.6. The minimum atomic E-state index is 0.503. The number of hydrogen-bond donors (Lipinski definition) is 2. The van der Waals surface area contributed by atoms with Crippen molar-refractivity contribution in [2.24, 2.45) is 10.7 Å². The maximum atomic E-state index is 5.96. The first-order valence-corrected chi connectivity index (χ1v) is 7.28. The number of nitrogens with one attached hydrogen (secondary N) is 1. The Morgan fingerprint density at radius 3 is 3.05 bits per heavy atom. The largest absolute Gasteiger partial charge is 0.370 e. The second-order valence-electron chi connectivity index (χ2n) is 5.44. The molecule has 1 saturated carbocycles. The van der Waals surface area contributed by atoms with E-state index in [1.165, 1.54) is 32.1 Å². The summed E-state index contributed by atoms with van der Waals surface area (Å²) >= 11 is 0. The first kappa shape index (κ1) is 13.0. The molecule has 0 aromatic carbocycles. The molecule has 106 valence electrons. The van der Waals surface area contributed by atoms with Crippen LogP contribution in [-0.2, 0) is 6.54 Å². The molecule has 2 heterocycles. The topological polar surface area (TPSA) is 67.7 Å². The van der Waals surface area contributed by atoms with Crippen molar-refractivity contribution in [1.29, 1.82) is 0 Å². The number of fused-ring (bicyclic) bond motifs is 1. The van der Waals surface area contributed by atoms with E-state index in [-0.39, 0.29) is 0 Å². The summed E-state index contributed by atoms with van der Waals surface area (Å²) in [5.41, 5.74) is 8.18. The van der Waals surface area contributed by atoms with Crippen LogP contribution in [0.4, 0.5) is 0 Å². The fourth-order valence-electron chi connectivity index (χ4n) is 2.74. The van der Waals surface area contributed by atoms with Gasteiger partial charge in [-0.05, 0) is 24.5 Å². The van der Waals surface area contributed by atoms with Crippen LogP contribution in [0.3, 0.4) is 0 Å². The van der Waals surface area contributed by atoms with Crippen molar-refractivity contribution >= 4 is 11.5 Å². The summed E-state index contributed by atoms with van der Waals surface area (Å²) < 4.78 is 2.00. The summed E-state index contributed by atoms with van der Waals surface area (Å²) in [7, 11) is 0. The van der Waals surface area contributed by atoms with Gasteiger partial charge in [0.2, 0.25) is 0 Å². The van der Waals surface area contributed by atoms with E-state index in [1.807, 2.05) is 22.9 Å². The predicted molar refractivity (Wildman–Crippen MR) is 80.5 cm³/mol. The highest BCUT2D eigenvalue weighted by molar-refractivity contribution is 5.78. The van der Waals surface area contributed by atoms with E-state index in [0.717, 1.165) is 11.1 Å². The first-order chi connectivity index (χ1) is 9.81. The molecule has 1 aliphatic rings. The number of hydrogen-bond acceptors (Lipinski definition) is 2. The lowest BCUT2D eigenvalue weighted by molar-refractivity contribution is 0.412. The maximum absolute atomic E-state index is 5.96. The fourth-order valence-corrected chi connectivity index (χ4v) is 2.74. The van der Waals surface area contributed by atoms with Crippen molar-refractivity contribution in [2.75, 3.05) is 0 Å². The Morgan fingerprint density at radius 1 is 1.35 bits per heavy atom. The lowest BCUT2D eigenvalue weighted by atomic mass is 9.96. The molecule has 1 fully saturated rings. The molecule has 0 aliphatic heterocycles. The molecule has 0 spiro atoms. The quantitative estimate of drug-likeness (QED) is 0.663. The van der Waals surface area contributed by atoms with Crippen LogP contribution in [0.25, 0.3) is 5.52 Å². The molecule has 20 heavy (non-hydrogen) atoms. The Morgan fingerprint density at radius 2 is 2.20 bits per heavy atom. The van der Waals surface area contributed by atoms with Gasteiger partial charge in [-0.15, -0.1) is 0 Å². The molecule has 5 heteroatoms. The Balaban J connectivity index is 1.60. The highest BCUT2D eigenvalue weighted by Gasteiger charge is 2.13. The van der Waals surface area contributed by atoms with Crippen LogP contribution in [0.2, 0.25) is 0 Å². The average molecular weight is 271 g/mol. The molecule has 0 radical (unpaired) electrons. The van der Waals surface area contributed by atoms with Crippen LogP contribution < -0.4 is 11.1 Å². The van der Waals surface area contributed by atoms with Gasteiger partial charge in [0.25, 0.3) is 0 Å². The van der Waals surface area contributed by atoms with E-state index in [1.54, 1.807) is 6.33 Å². The SMILES string of the molecule is NC(=NCc1ccc2cncn2c1)NC1CCCCC1. The lowest BCUT2D eigenvalue weighted by Crippen LogP contribution is -2.41. The van der Waals surface area contributed by atoms with Gasteiger partial charge >= 0.3 is 0 Å². The molecule has 3 N–H and O–H groups in total. The van der Waals surface area contributed by atoms with E-state index in [9.17, 15) is 0 Å². The van der Waals surface area contributed by atoms with Gasteiger partial charge in [-0.25, -0.2) is 9.98 Å². The Bertz CT molecular complexity index is 595. The Hall–Kier alpha value is -2.04. The van der Waals surface area contributed by atoms with Crippen LogP contribution in [-0.4, -0.2) is 21.4 Å². The van der Waals surface area contributed by atoms with Gasteiger partial charge in [-0.3, -0.25) is 0 Å². The van der Waals surface area contributed by atoms with Crippen LogP contribution in [0.5, 0.6) is 0 Å². The molecule has 0 amide bonds. The molecule has 2 aromatic heterocycles. The molecule has 0 saturated heterocycles. The minimum absolute atomic E-state index is 0.503. The second-order valence-corrected chi connectivity index (χ2v) is 5.44. The standard InChI is InChI=1S/C15H21N5/c16-15(19-13-4-2-1-3-5-13)18-8-12-6-7-14-9-17-11-20(14)10-12/h6-7,9-11,13H,1-5,8H2,(H3,16,18,19). The zero-order valence-corrected chi connectivity index (χ0v) is 11.6. The second kappa shape index (κ2) is 5.94. The van der Waals surface area contributed by atoms with E-state index in [4.69, 9.17) is 5.73 Å². The van der Waals surface area contributed by atoms with Crippen molar-refractivity contribution < 1.29 is 0 Å². The molecule has 0 bridgehead atoms. The van der Waals surface area contributed by atoms with Crippen LogP contribution in [0.1, 0.15) is 37.7 Å². The smallest absolute Gasteiger partial charge is 0.189 e. The number of aromatic nitrogens is 2. The predicted octanol–water partition coefficient (Wildman–Crippen LogP) is 2.07. The molecular weight excluding hydrogens is 250 g/mol. The van der Waals surface area contributed by atoms with Crippen molar-refractivity contribution in [3.8, 4) is 0 Å². The van der Waals surface area contributed by atoms with Gasteiger partial charge in [0, 0.05) is 12.2 Å². The number of aliphatic imine (C=N–C) groups is 1. The zero-order chi connectivity index (χ0) is 13.8. The third-order valence-corrected chi connectivity index (χ3v) is 3.86. The van der Waals surface area contributed by atoms with E-state index in [2.05, 4.69) is 21.4 Å². The fraction of sp³-hybridized carbons (Fsp3) is 0.467.